The van der Waals surface area contributed by atoms with Gasteiger partial charge in [-0.25, -0.2) is 9.48 Å². The Labute approximate surface area is 158 Å². The fraction of sp³-hybridized carbons (Fsp3) is 0.421. The van der Waals surface area contributed by atoms with Crippen molar-refractivity contribution < 1.29 is 9.53 Å². The van der Waals surface area contributed by atoms with Crippen LogP contribution >= 0.6 is 0 Å². The highest BCUT2D eigenvalue weighted by molar-refractivity contribution is 5.84. The third-order valence-electron chi connectivity index (χ3n) is 4.06. The number of nitrogens with zero attached hydrogens (tertiary/aromatic N) is 3. The van der Waals surface area contributed by atoms with Crippen LogP contribution in [0.2, 0.25) is 0 Å². The summed E-state index contributed by atoms with van der Waals surface area (Å²) in [7, 11) is 1.85. The molecule has 1 amide bonds. The number of anilines is 1. The van der Waals surface area contributed by atoms with Crippen molar-refractivity contribution in [3.8, 4) is 0 Å². The zero-order valence-electron chi connectivity index (χ0n) is 16.2. The molecule has 1 aromatic carbocycles. The fourth-order valence-electron chi connectivity index (χ4n) is 2.79. The van der Waals surface area contributed by atoms with Crippen molar-refractivity contribution >= 4 is 22.9 Å². The van der Waals surface area contributed by atoms with Crippen molar-refractivity contribution in [3.05, 3.63) is 41.9 Å². The molecule has 2 aromatic heterocycles. The number of aryl methyl sites for hydroxylation is 1. The van der Waals surface area contributed by atoms with E-state index < -0.39 is 11.7 Å². The number of carbonyl (C=O) groups excluding carboxylic acids is 1. The number of nitrogens with one attached hydrogen (secondary N) is 3. The molecule has 8 heteroatoms. The first kappa shape index (κ1) is 18.8. The molecule has 27 heavy (non-hydrogen) atoms. The van der Waals surface area contributed by atoms with Gasteiger partial charge in [0.05, 0.1) is 0 Å². The first-order valence-electron chi connectivity index (χ1n) is 8.95. The second-order valence-corrected chi connectivity index (χ2v) is 7.43. The van der Waals surface area contributed by atoms with E-state index in [4.69, 9.17) is 4.74 Å². The summed E-state index contributed by atoms with van der Waals surface area (Å²) in [5.74, 6) is 0.728. The molecule has 3 N–H and O–H groups in total. The van der Waals surface area contributed by atoms with Gasteiger partial charge in [-0.2, -0.15) is 10.1 Å². The molecular weight excluding hydrogens is 344 g/mol. The Kier molecular flexibility index (Phi) is 5.34. The lowest BCUT2D eigenvalue weighted by Gasteiger charge is -2.19. The number of aromatic amines is 1. The maximum atomic E-state index is 11.8. The molecule has 3 rings (SSSR count). The highest BCUT2D eigenvalue weighted by Crippen LogP contribution is 2.21. The number of fused-ring (bicyclic) bond motifs is 1. The molecule has 0 bridgehead atoms. The molecular formula is C19H26N6O2. The van der Waals surface area contributed by atoms with E-state index in [-0.39, 0.29) is 0 Å². The van der Waals surface area contributed by atoms with Crippen molar-refractivity contribution in [3.63, 3.8) is 0 Å². The first-order valence-corrected chi connectivity index (χ1v) is 8.95. The summed E-state index contributed by atoms with van der Waals surface area (Å²) in [5.41, 5.74) is 2.88. The number of aromatic nitrogens is 4. The minimum atomic E-state index is -0.491. The van der Waals surface area contributed by atoms with Gasteiger partial charge in [0.2, 0.25) is 5.95 Å². The topological polar surface area (TPSA) is 96.9 Å². The first-order chi connectivity index (χ1) is 12.8. The van der Waals surface area contributed by atoms with E-state index in [1.165, 1.54) is 6.33 Å². The lowest BCUT2D eigenvalue weighted by molar-refractivity contribution is 0.0528. The van der Waals surface area contributed by atoms with Gasteiger partial charge in [0.25, 0.3) is 0 Å². The van der Waals surface area contributed by atoms with Crippen molar-refractivity contribution in [2.45, 2.75) is 39.3 Å². The van der Waals surface area contributed by atoms with E-state index in [2.05, 4.69) is 43.9 Å². The number of alkyl carbamates (subject to hydrolysis) is 1. The summed E-state index contributed by atoms with van der Waals surface area (Å²) >= 11 is 0. The number of carbonyl (C=O) groups is 1. The maximum Gasteiger partial charge on any atom is 0.407 e. The van der Waals surface area contributed by atoms with Crippen LogP contribution < -0.4 is 10.6 Å². The Morgan fingerprint density at radius 3 is 2.85 bits per heavy atom. The van der Waals surface area contributed by atoms with Gasteiger partial charge in [-0.1, -0.05) is 6.07 Å². The van der Waals surface area contributed by atoms with Gasteiger partial charge in [0, 0.05) is 37.2 Å². The standard InChI is InChI=1S/C19H26N6O2/c1-19(2,3)27-18(26)20-8-7-14-11-21-16-6-5-13(9-15(14)16)10-22-17-23-12-24-25(17)4/h5-6,9,11-12,21H,7-8,10H2,1-4H3,(H,20,26)(H,22,23,24). The van der Waals surface area contributed by atoms with Crippen LogP contribution in [0.3, 0.4) is 0 Å². The van der Waals surface area contributed by atoms with E-state index in [1.54, 1.807) is 4.68 Å². The molecule has 0 aliphatic rings. The molecule has 0 radical (unpaired) electrons. The highest BCUT2D eigenvalue weighted by Gasteiger charge is 2.15. The molecule has 0 aliphatic heterocycles. The van der Waals surface area contributed by atoms with E-state index in [0.717, 1.165) is 34.4 Å². The summed E-state index contributed by atoms with van der Waals surface area (Å²) in [4.78, 5) is 19.2. The monoisotopic (exact) mass is 370 g/mol. The molecule has 144 valence electrons. The molecule has 8 nitrogen and oxygen atoms in total. The van der Waals surface area contributed by atoms with Crippen LogP contribution in [0.1, 0.15) is 31.9 Å². The van der Waals surface area contributed by atoms with Gasteiger partial charge < -0.3 is 20.4 Å². The Morgan fingerprint density at radius 1 is 1.33 bits per heavy atom. The van der Waals surface area contributed by atoms with Gasteiger partial charge in [0.1, 0.15) is 11.9 Å². The predicted molar refractivity (Wildman–Crippen MR) is 105 cm³/mol. The average molecular weight is 370 g/mol. The van der Waals surface area contributed by atoms with E-state index >= 15 is 0 Å². The van der Waals surface area contributed by atoms with Crippen LogP contribution in [0.5, 0.6) is 0 Å². The zero-order chi connectivity index (χ0) is 19.4. The quantitative estimate of drug-likeness (QED) is 0.620. The van der Waals surface area contributed by atoms with Crippen LogP contribution in [0.15, 0.2) is 30.7 Å². The second kappa shape index (κ2) is 7.69. The molecule has 0 spiro atoms. The predicted octanol–water partition coefficient (Wildman–Crippen LogP) is 2.98. The van der Waals surface area contributed by atoms with Crippen LogP contribution in [-0.2, 0) is 24.8 Å². The molecule has 0 atom stereocenters. The lowest BCUT2D eigenvalue weighted by atomic mass is 10.1. The molecule has 0 aliphatic carbocycles. The molecule has 3 aromatic rings. The normalized spacial score (nSPS) is 11.6. The maximum absolute atomic E-state index is 11.8. The summed E-state index contributed by atoms with van der Waals surface area (Å²) < 4.78 is 6.96. The number of hydrogen-bond donors (Lipinski definition) is 3. The number of ether oxygens (including phenoxy) is 1. The van der Waals surface area contributed by atoms with Gasteiger partial charge in [-0.05, 0) is 50.5 Å². The van der Waals surface area contributed by atoms with E-state index in [9.17, 15) is 4.79 Å². The SMILES string of the molecule is Cn1ncnc1NCc1ccc2[nH]cc(CCNC(=O)OC(C)(C)C)c2c1. The van der Waals surface area contributed by atoms with Crippen molar-refractivity contribution in [2.24, 2.45) is 7.05 Å². The van der Waals surface area contributed by atoms with Gasteiger partial charge >= 0.3 is 6.09 Å². The summed E-state index contributed by atoms with van der Waals surface area (Å²) in [6.45, 7) is 6.72. The van der Waals surface area contributed by atoms with Crippen molar-refractivity contribution in [1.29, 1.82) is 0 Å². The van der Waals surface area contributed by atoms with Crippen LogP contribution in [0, 0.1) is 0 Å². The van der Waals surface area contributed by atoms with Crippen LogP contribution in [0.4, 0.5) is 10.7 Å². The number of H-pyrrole nitrogens is 1. The number of benzene rings is 1. The fourth-order valence-corrected chi connectivity index (χ4v) is 2.79. The number of amides is 1. The largest absolute Gasteiger partial charge is 0.444 e. The number of rotatable bonds is 6. The third-order valence-corrected chi connectivity index (χ3v) is 4.06. The third kappa shape index (κ3) is 4.99. The number of hydrogen-bond acceptors (Lipinski definition) is 5. The minimum absolute atomic E-state index is 0.393. The van der Waals surface area contributed by atoms with Gasteiger partial charge in [0.15, 0.2) is 0 Å². The smallest absolute Gasteiger partial charge is 0.407 e. The Balaban J connectivity index is 1.61. The van der Waals surface area contributed by atoms with Crippen molar-refractivity contribution in [1.82, 2.24) is 25.1 Å². The zero-order valence-corrected chi connectivity index (χ0v) is 16.2. The molecule has 0 unspecified atom stereocenters. The Bertz CT molecular complexity index is 922. The summed E-state index contributed by atoms with van der Waals surface area (Å²) in [6.07, 6.45) is 3.84. The minimum Gasteiger partial charge on any atom is -0.444 e. The Hall–Kier alpha value is -3.03. The van der Waals surface area contributed by atoms with Crippen molar-refractivity contribution in [2.75, 3.05) is 11.9 Å². The average Bonchev–Trinajstić information content (AvgIpc) is 3.17. The lowest BCUT2D eigenvalue weighted by Crippen LogP contribution is -2.33. The summed E-state index contributed by atoms with van der Waals surface area (Å²) in [6, 6.07) is 6.29. The summed E-state index contributed by atoms with van der Waals surface area (Å²) in [5, 5.41) is 11.3. The Morgan fingerprint density at radius 2 is 2.15 bits per heavy atom. The van der Waals surface area contributed by atoms with Gasteiger partial charge in [-0.15, -0.1) is 0 Å². The van der Waals surface area contributed by atoms with Crippen LogP contribution in [-0.4, -0.2) is 38.0 Å². The van der Waals surface area contributed by atoms with E-state index in [1.807, 2.05) is 34.0 Å². The molecule has 2 heterocycles. The molecule has 0 saturated carbocycles. The van der Waals surface area contributed by atoms with Gasteiger partial charge in [-0.3, -0.25) is 0 Å². The second-order valence-electron chi connectivity index (χ2n) is 7.43. The highest BCUT2D eigenvalue weighted by atomic mass is 16.6. The molecule has 0 fully saturated rings. The molecule has 0 saturated heterocycles. The van der Waals surface area contributed by atoms with E-state index in [0.29, 0.717) is 13.1 Å². The van der Waals surface area contributed by atoms with Crippen LogP contribution in [0.25, 0.3) is 10.9 Å².